The largest absolute Gasteiger partial charge is 5.00 e. The van der Waals surface area contributed by atoms with Crippen molar-refractivity contribution in [2.75, 3.05) is 0 Å². The predicted octanol–water partition coefficient (Wildman–Crippen LogP) is -21.0. The van der Waals surface area contributed by atoms with Crippen molar-refractivity contribution in [2.45, 2.75) is 0 Å². The van der Waals surface area contributed by atoms with Crippen LogP contribution >= 0.6 is 0 Å². The van der Waals surface area contributed by atoms with E-state index in [1.54, 1.807) is 0 Å². The van der Waals surface area contributed by atoms with E-state index >= 15 is 0 Å². The van der Waals surface area contributed by atoms with Gasteiger partial charge in [-0.25, -0.2) is 0 Å². The molecule has 0 bridgehead atoms. The average molecular weight is 345 g/mol. The molecule has 0 saturated heterocycles. The zero-order valence-corrected chi connectivity index (χ0v) is 13.6. The second kappa shape index (κ2) is 67.1. The van der Waals surface area contributed by atoms with E-state index in [0.717, 1.165) is 0 Å². The van der Waals surface area contributed by atoms with E-state index in [0.29, 0.717) is 0 Å². The van der Waals surface area contributed by atoms with Crippen molar-refractivity contribution in [3.63, 3.8) is 0 Å². The monoisotopic (exact) mass is 342 g/mol. The summed E-state index contributed by atoms with van der Waals surface area (Å²) in [6.07, 6.45) is 0. The van der Waals surface area contributed by atoms with Crippen LogP contribution in [0.15, 0.2) is 0 Å². The molecule has 0 atom stereocenters. The van der Waals surface area contributed by atoms with E-state index in [9.17, 15) is 0 Å². The van der Waals surface area contributed by atoms with E-state index in [1.807, 2.05) is 0 Å². The van der Waals surface area contributed by atoms with Crippen LogP contribution in [0, 0.1) is 0 Å². The molecular weight excluding hydrogens is 345 g/mol. The zero-order valence-electron chi connectivity index (χ0n) is 3.72. The van der Waals surface area contributed by atoms with Gasteiger partial charge in [-0.1, -0.05) is 0 Å². The summed E-state index contributed by atoms with van der Waals surface area (Å²) in [5.41, 5.74) is 0. The van der Waals surface area contributed by atoms with Gasteiger partial charge in [-0.2, -0.15) is 0 Å². The third-order valence-corrected chi connectivity index (χ3v) is 0. The van der Waals surface area contributed by atoms with E-state index in [1.165, 1.54) is 0 Å². The average Bonchev–Trinajstić information content (AvgIpc) is 0. The molecule has 0 unspecified atom stereocenters. The van der Waals surface area contributed by atoms with E-state index in [4.69, 9.17) is 0 Å². The fourth-order valence-electron chi connectivity index (χ4n) is 0. The Morgan fingerprint density at radius 3 is 0.375 bits per heavy atom. The molecule has 8 heavy (non-hydrogen) atoms. The number of hydrogen-bond donors (Lipinski definition) is 0. The molecule has 0 aromatic heterocycles. The Balaban J connectivity index is 0. The van der Waals surface area contributed by atoms with Crippen molar-refractivity contribution in [1.82, 2.24) is 0 Å². The Kier molecular flexibility index (Phi) is 742. The first-order valence-electron chi connectivity index (χ1n) is 0. The Morgan fingerprint density at radius 2 is 0.375 bits per heavy atom. The van der Waals surface area contributed by atoms with E-state index in [2.05, 4.69) is 0 Å². The first kappa shape index (κ1) is 88.4. The predicted molar refractivity (Wildman–Crippen MR) is 0 cm³/mol. The summed E-state index contributed by atoms with van der Waals surface area (Å²) in [5, 5.41) is 0. The van der Waals surface area contributed by atoms with Gasteiger partial charge in [0.15, 0.2) is 0 Å². The second-order valence-corrected chi connectivity index (χ2v) is 0. The Labute approximate surface area is 145 Å². The Bertz CT molecular complexity index is 8.49. The molecule has 8 heteroatoms. The Morgan fingerprint density at radius 1 is 0.375 bits per heavy atom. The van der Waals surface area contributed by atoms with Crippen LogP contribution in [0.2, 0.25) is 0 Å². The summed E-state index contributed by atoms with van der Waals surface area (Å²) >= 11 is 0. The molecule has 48 valence electrons. The molecule has 0 aliphatic heterocycles. The van der Waals surface area contributed by atoms with Crippen molar-refractivity contribution in [2.24, 2.45) is 0 Å². The first-order valence-corrected chi connectivity index (χ1v) is 0. The molecule has 0 radical (unpaired) electrons. The van der Waals surface area contributed by atoms with Gasteiger partial charge >= 0.3 is 73.8 Å². The van der Waals surface area contributed by atoms with Crippen LogP contribution in [-0.4, -0.2) is 0 Å². The summed E-state index contributed by atoms with van der Waals surface area (Å²) in [6, 6.07) is 0. The molecule has 0 aliphatic carbocycles. The van der Waals surface area contributed by atoms with Crippen LogP contribution in [0.3, 0.4) is 0 Å². The molecule has 0 fully saturated rings. The molecule has 0 saturated carbocycles. The molecule has 0 N–H and O–H groups in total. The standard InChI is InChI=1S/6ClH.K.Nb/h6*1H;;/q;;;;;;+1;+5/p-6. The quantitative estimate of drug-likeness (QED) is 0.383. The molecule has 0 aromatic carbocycles. The number of hydrogen-bond acceptors (Lipinski definition) is 0. The van der Waals surface area contributed by atoms with Gasteiger partial charge in [0.2, 0.25) is 0 Å². The maximum Gasteiger partial charge on any atom is 5.00 e. The maximum atomic E-state index is 0. The van der Waals surface area contributed by atoms with Crippen molar-refractivity contribution in [1.29, 1.82) is 0 Å². The van der Waals surface area contributed by atoms with Gasteiger partial charge in [-0.3, -0.25) is 0 Å². The van der Waals surface area contributed by atoms with Crippen LogP contribution in [0.4, 0.5) is 0 Å². The third kappa shape index (κ3) is 49.6. The fourth-order valence-corrected chi connectivity index (χ4v) is 0. The van der Waals surface area contributed by atoms with Crippen molar-refractivity contribution >= 4 is 0 Å². The third-order valence-electron chi connectivity index (χ3n) is 0. The normalized spacial score (nSPS) is 0. The maximum absolute atomic E-state index is 0. The van der Waals surface area contributed by atoms with Crippen molar-refractivity contribution in [3.8, 4) is 0 Å². The topological polar surface area (TPSA) is 0 Å². The van der Waals surface area contributed by atoms with Gasteiger partial charge in [0.25, 0.3) is 0 Å². The minimum Gasteiger partial charge on any atom is -1.00 e. The molecule has 0 nitrogen and oxygen atoms in total. The SMILES string of the molecule is [Cl-].[Cl-].[Cl-].[Cl-].[Cl-].[Cl-].[K+].[Nb+5]. The second-order valence-electron chi connectivity index (χ2n) is 0. The first-order chi connectivity index (χ1) is 0. The van der Waals surface area contributed by atoms with Gasteiger partial charge in [0.1, 0.15) is 0 Å². The Hall–Kier alpha value is 4.12. The molecule has 0 heterocycles. The van der Waals surface area contributed by atoms with Crippen LogP contribution in [-0.2, 0) is 22.4 Å². The summed E-state index contributed by atoms with van der Waals surface area (Å²) < 4.78 is 0. The molecular formula is Cl6KNb. The van der Waals surface area contributed by atoms with Crippen LogP contribution in [0.25, 0.3) is 0 Å². The van der Waals surface area contributed by atoms with Gasteiger partial charge < -0.3 is 74.4 Å². The molecule has 0 rings (SSSR count). The van der Waals surface area contributed by atoms with Crippen molar-refractivity contribution in [3.05, 3.63) is 0 Å². The summed E-state index contributed by atoms with van der Waals surface area (Å²) in [7, 11) is 0. The number of halogens is 6. The van der Waals surface area contributed by atoms with Crippen LogP contribution < -0.4 is 126 Å². The zero-order chi connectivity index (χ0) is 0. The summed E-state index contributed by atoms with van der Waals surface area (Å²) in [4.78, 5) is 0. The molecule has 0 amide bonds. The summed E-state index contributed by atoms with van der Waals surface area (Å²) in [6.45, 7) is 0. The minimum atomic E-state index is 0. The van der Waals surface area contributed by atoms with Gasteiger partial charge in [0, 0.05) is 0 Å². The summed E-state index contributed by atoms with van der Waals surface area (Å²) in [5.74, 6) is 0. The van der Waals surface area contributed by atoms with Crippen LogP contribution in [0.1, 0.15) is 0 Å². The van der Waals surface area contributed by atoms with E-state index in [-0.39, 0.29) is 148 Å². The fraction of sp³-hybridized carbons (Fsp3) is 0. The van der Waals surface area contributed by atoms with Gasteiger partial charge in [-0.05, 0) is 0 Å². The molecule has 0 aliphatic rings. The van der Waals surface area contributed by atoms with Gasteiger partial charge in [-0.15, -0.1) is 0 Å². The number of rotatable bonds is 0. The molecule has 0 spiro atoms. The van der Waals surface area contributed by atoms with Crippen LogP contribution in [0.5, 0.6) is 0 Å². The van der Waals surface area contributed by atoms with E-state index < -0.39 is 0 Å². The smallest absolute Gasteiger partial charge is 1.00 e. The van der Waals surface area contributed by atoms with Gasteiger partial charge in [0.05, 0.1) is 0 Å². The molecule has 0 aromatic rings. The van der Waals surface area contributed by atoms with Crippen molar-refractivity contribution < 1.29 is 148 Å². The minimum absolute atomic E-state index is 0.